The zero-order valence-corrected chi connectivity index (χ0v) is 27.8. The van der Waals surface area contributed by atoms with Crippen molar-refractivity contribution in [2.24, 2.45) is 5.22 Å². The average Bonchev–Trinajstić information content (AvgIpc) is 3.63. The summed E-state index contributed by atoms with van der Waals surface area (Å²) < 4.78 is 10.5. The zero-order valence-electron chi connectivity index (χ0n) is 27.8. The molecule has 10 nitrogen and oxygen atoms in total. The molecule has 4 heterocycles. The van der Waals surface area contributed by atoms with Crippen LogP contribution in [0.15, 0.2) is 64.6 Å². The molecule has 0 aliphatic carbocycles. The Balaban J connectivity index is 0.000000357. The van der Waals surface area contributed by atoms with Crippen LogP contribution in [0.2, 0.25) is 0 Å². The van der Waals surface area contributed by atoms with Crippen molar-refractivity contribution >= 4 is 18.5 Å². The standard InChI is InChI=1S/C24H32N6O2.C10H14O.CH3N/c1-17-19(4-6-21-22(17)16-32-24(21)31)8-10-29-12-14-30(15-13-29)11-9-20-5-7-23(26-18(20)2)28(3)27-25;1-5-9-8(4)11-6-10(9)7(2)3;1-2/h4-7,25H,8-16H2,1-3H3;5H,4,6H2,1-3H3;2H,1H2/b;9-5-;. The fourth-order valence-corrected chi connectivity index (χ4v) is 5.77. The molecule has 1 aromatic carbocycles. The first-order valence-electron chi connectivity index (χ1n) is 15.4. The van der Waals surface area contributed by atoms with Crippen LogP contribution in [0.5, 0.6) is 0 Å². The molecule has 0 spiro atoms. The maximum atomic E-state index is 11.7. The molecule has 0 amide bonds. The number of nitrogens with one attached hydrogen (secondary N) is 2. The average molecular weight is 616 g/mol. The van der Waals surface area contributed by atoms with Crippen molar-refractivity contribution in [3.05, 3.63) is 92.9 Å². The molecule has 45 heavy (non-hydrogen) atoms. The Bertz CT molecular complexity index is 1440. The lowest BCUT2D eigenvalue weighted by Crippen LogP contribution is -2.47. The highest BCUT2D eigenvalue weighted by Crippen LogP contribution is 2.29. The molecule has 2 saturated heterocycles. The number of fused-ring (bicyclic) bond motifs is 1. The second kappa shape index (κ2) is 16.8. The van der Waals surface area contributed by atoms with Gasteiger partial charge in [-0.15, -0.1) is 0 Å². The van der Waals surface area contributed by atoms with E-state index in [1.54, 1.807) is 7.05 Å². The van der Waals surface area contributed by atoms with Crippen molar-refractivity contribution in [1.29, 1.82) is 10.9 Å². The molecule has 2 fully saturated rings. The van der Waals surface area contributed by atoms with Crippen LogP contribution in [0, 0.1) is 24.8 Å². The van der Waals surface area contributed by atoms with Gasteiger partial charge in [0.05, 0.1) is 5.56 Å². The SMILES string of the molecule is C=C1OCC(=C(C)C)/C1=C\C.C=N.Cc1nc(N(C)N=N)ccc1CCN1CCN(CCc2ccc3c(c2C)COC3=O)CC1. The van der Waals surface area contributed by atoms with E-state index in [0.717, 1.165) is 74.7 Å². The summed E-state index contributed by atoms with van der Waals surface area (Å²) in [5.41, 5.74) is 17.5. The van der Waals surface area contributed by atoms with Crippen LogP contribution < -0.4 is 5.01 Å². The predicted molar refractivity (Wildman–Crippen MR) is 180 cm³/mol. The number of cyclic esters (lactones) is 1. The summed E-state index contributed by atoms with van der Waals surface area (Å²) in [6.07, 6.45) is 4.04. The maximum absolute atomic E-state index is 11.7. The number of carbonyl (C=O) groups is 1. The number of esters is 1. The Morgan fingerprint density at radius 3 is 2.13 bits per heavy atom. The van der Waals surface area contributed by atoms with E-state index in [-0.39, 0.29) is 5.97 Å². The molecule has 3 aliphatic rings. The molecule has 2 N–H and O–H groups in total. The Hall–Kier alpha value is -4.15. The van der Waals surface area contributed by atoms with Crippen molar-refractivity contribution in [2.75, 3.05) is 57.9 Å². The van der Waals surface area contributed by atoms with Gasteiger partial charge in [0.1, 0.15) is 24.8 Å². The van der Waals surface area contributed by atoms with Gasteiger partial charge in [-0.05, 0) is 88.6 Å². The fraction of sp³-hybridized carbons (Fsp3) is 0.457. The van der Waals surface area contributed by atoms with Crippen LogP contribution in [0.25, 0.3) is 0 Å². The monoisotopic (exact) mass is 615 g/mol. The lowest BCUT2D eigenvalue weighted by molar-refractivity contribution is 0.0535. The van der Waals surface area contributed by atoms with Crippen LogP contribution >= 0.6 is 0 Å². The van der Waals surface area contributed by atoms with Crippen molar-refractivity contribution in [1.82, 2.24) is 14.8 Å². The van der Waals surface area contributed by atoms with Gasteiger partial charge < -0.3 is 24.7 Å². The highest BCUT2D eigenvalue weighted by atomic mass is 16.5. The summed E-state index contributed by atoms with van der Waals surface area (Å²) in [5.74, 6) is 1.32. The molecule has 0 atom stereocenters. The van der Waals surface area contributed by atoms with Crippen molar-refractivity contribution in [3.8, 4) is 0 Å². The molecule has 10 heteroatoms. The van der Waals surface area contributed by atoms with E-state index >= 15 is 0 Å². The number of nitrogens with zero attached hydrogens (tertiary/aromatic N) is 5. The molecule has 0 radical (unpaired) electrons. The third kappa shape index (κ3) is 8.95. The van der Waals surface area contributed by atoms with Crippen molar-refractivity contribution < 1.29 is 14.3 Å². The molecule has 1 aromatic heterocycles. The molecular formula is C35H49N7O3. The van der Waals surface area contributed by atoms with Crippen LogP contribution in [-0.2, 0) is 28.9 Å². The van der Waals surface area contributed by atoms with E-state index in [9.17, 15) is 4.79 Å². The van der Waals surface area contributed by atoms with Gasteiger partial charge in [-0.2, -0.15) is 5.53 Å². The Morgan fingerprint density at radius 1 is 1.00 bits per heavy atom. The van der Waals surface area contributed by atoms with Gasteiger partial charge in [-0.25, -0.2) is 14.8 Å². The van der Waals surface area contributed by atoms with E-state index in [0.29, 0.717) is 19.0 Å². The quantitative estimate of drug-likeness (QED) is 0.156. The van der Waals surface area contributed by atoms with Gasteiger partial charge >= 0.3 is 5.97 Å². The minimum absolute atomic E-state index is 0.191. The van der Waals surface area contributed by atoms with Crippen LogP contribution in [0.3, 0.4) is 0 Å². The third-order valence-corrected chi connectivity index (χ3v) is 8.71. The first kappa shape index (κ1) is 35.3. The topological polar surface area (TPSA) is 118 Å². The number of hydrogen-bond acceptors (Lipinski definition) is 9. The smallest absolute Gasteiger partial charge is 0.338 e. The molecule has 3 aliphatic heterocycles. The summed E-state index contributed by atoms with van der Waals surface area (Å²) in [4.78, 5) is 21.4. The molecule has 0 bridgehead atoms. The van der Waals surface area contributed by atoms with Crippen LogP contribution in [0.1, 0.15) is 59.1 Å². The molecule has 242 valence electrons. The molecule has 0 saturated carbocycles. The Morgan fingerprint density at radius 2 is 1.60 bits per heavy atom. The molecular weight excluding hydrogens is 566 g/mol. The minimum atomic E-state index is -0.191. The number of piperazine rings is 1. The number of hydrogen-bond donors (Lipinski definition) is 2. The number of benzene rings is 1. The van der Waals surface area contributed by atoms with Crippen LogP contribution in [-0.4, -0.2) is 80.4 Å². The van der Waals surface area contributed by atoms with E-state index in [2.05, 4.69) is 72.3 Å². The number of carbonyl (C=O) groups excluding carboxylic acids is 1. The first-order valence-corrected chi connectivity index (χ1v) is 15.4. The summed E-state index contributed by atoms with van der Waals surface area (Å²) in [6.45, 7) is 24.2. The second-order valence-electron chi connectivity index (χ2n) is 11.6. The highest BCUT2D eigenvalue weighted by Gasteiger charge is 2.24. The van der Waals surface area contributed by atoms with E-state index in [1.807, 2.05) is 26.0 Å². The van der Waals surface area contributed by atoms with Gasteiger partial charge in [0, 0.05) is 63.1 Å². The number of aryl methyl sites for hydroxylation is 1. The maximum Gasteiger partial charge on any atom is 0.338 e. The first-order chi connectivity index (χ1) is 21.6. The van der Waals surface area contributed by atoms with E-state index in [4.69, 9.17) is 20.4 Å². The predicted octanol–water partition coefficient (Wildman–Crippen LogP) is 6.23. The van der Waals surface area contributed by atoms with Gasteiger partial charge in [0.25, 0.3) is 0 Å². The Labute approximate surface area is 268 Å². The lowest BCUT2D eigenvalue weighted by Gasteiger charge is -2.35. The zero-order chi connectivity index (χ0) is 33.1. The minimum Gasteiger partial charge on any atom is -0.489 e. The van der Waals surface area contributed by atoms with Gasteiger partial charge in [0.2, 0.25) is 0 Å². The largest absolute Gasteiger partial charge is 0.489 e. The Kier molecular flexibility index (Phi) is 13.2. The number of pyridine rings is 1. The summed E-state index contributed by atoms with van der Waals surface area (Å²) in [7, 11) is 1.73. The number of rotatable bonds is 8. The fourth-order valence-electron chi connectivity index (χ4n) is 5.77. The molecule has 5 rings (SSSR count). The van der Waals surface area contributed by atoms with E-state index < -0.39 is 0 Å². The normalized spacial score (nSPS) is 17.0. The van der Waals surface area contributed by atoms with Gasteiger partial charge in [-0.1, -0.05) is 35.6 Å². The highest BCUT2D eigenvalue weighted by molar-refractivity contribution is 5.93. The van der Waals surface area contributed by atoms with E-state index in [1.165, 1.54) is 38.4 Å². The number of allylic oxidation sites excluding steroid dienone is 3. The number of anilines is 1. The number of aromatic nitrogens is 1. The summed E-state index contributed by atoms with van der Waals surface area (Å²) >= 11 is 0. The number of ether oxygens (including phenoxy) is 2. The van der Waals surface area contributed by atoms with Crippen molar-refractivity contribution in [3.63, 3.8) is 0 Å². The van der Waals surface area contributed by atoms with Crippen molar-refractivity contribution in [2.45, 2.75) is 54.1 Å². The third-order valence-electron chi connectivity index (χ3n) is 8.71. The summed E-state index contributed by atoms with van der Waals surface area (Å²) in [6, 6.07) is 8.05. The molecule has 2 aromatic rings. The van der Waals surface area contributed by atoms with Gasteiger partial charge in [-0.3, -0.25) is 0 Å². The van der Waals surface area contributed by atoms with Crippen LogP contribution in [0.4, 0.5) is 5.82 Å². The second-order valence-corrected chi connectivity index (χ2v) is 11.6. The molecule has 0 unspecified atom stereocenters. The lowest BCUT2D eigenvalue weighted by atomic mass is 9.96. The van der Waals surface area contributed by atoms with Gasteiger partial charge in [0.15, 0.2) is 0 Å². The summed E-state index contributed by atoms with van der Waals surface area (Å²) in [5, 5.41) is 10.4.